The molecule has 1 aliphatic heterocycles. The molecule has 2 unspecified atom stereocenters. The van der Waals surface area contributed by atoms with Gasteiger partial charge in [0.25, 0.3) is 0 Å². The second kappa shape index (κ2) is 10.3. The third kappa shape index (κ3) is 5.97. The van der Waals surface area contributed by atoms with Crippen LogP contribution in [0.15, 0.2) is 42.1 Å². The summed E-state index contributed by atoms with van der Waals surface area (Å²) in [5.74, 6) is -0.871. The van der Waals surface area contributed by atoms with Crippen LogP contribution in [0.25, 0.3) is 0 Å². The van der Waals surface area contributed by atoms with Gasteiger partial charge >= 0.3 is 5.97 Å². The highest BCUT2D eigenvalue weighted by atomic mass is 19.1. The molecular weight excluding hydrogens is 401 g/mol. The van der Waals surface area contributed by atoms with Crippen molar-refractivity contribution in [2.45, 2.75) is 38.8 Å². The molecule has 1 aromatic carbocycles. The van der Waals surface area contributed by atoms with Gasteiger partial charge in [-0.05, 0) is 44.4 Å². The molecule has 2 aromatic rings. The van der Waals surface area contributed by atoms with E-state index in [1.165, 1.54) is 24.8 Å². The second-order valence-corrected chi connectivity index (χ2v) is 7.88. The third-order valence-corrected chi connectivity index (χ3v) is 5.32. The number of halogens is 1. The van der Waals surface area contributed by atoms with E-state index in [0.29, 0.717) is 32.5 Å². The van der Waals surface area contributed by atoms with Crippen molar-refractivity contribution in [2.24, 2.45) is 0 Å². The van der Waals surface area contributed by atoms with E-state index in [-0.39, 0.29) is 29.5 Å². The summed E-state index contributed by atoms with van der Waals surface area (Å²) in [7, 11) is 1.30. The minimum atomic E-state index is -0.541. The van der Waals surface area contributed by atoms with Crippen LogP contribution < -0.4 is 5.32 Å². The van der Waals surface area contributed by atoms with Crippen LogP contribution in [-0.4, -0.2) is 64.6 Å². The zero-order valence-corrected chi connectivity index (χ0v) is 18.0. The number of benzene rings is 1. The maximum absolute atomic E-state index is 13.0. The first-order valence-electron chi connectivity index (χ1n) is 10.3. The normalized spacial score (nSPS) is 18.6. The summed E-state index contributed by atoms with van der Waals surface area (Å²) in [5.41, 5.74) is 2.28. The van der Waals surface area contributed by atoms with Crippen molar-refractivity contribution in [1.82, 2.24) is 25.2 Å². The molecule has 31 heavy (non-hydrogen) atoms. The van der Waals surface area contributed by atoms with E-state index < -0.39 is 5.97 Å². The number of rotatable bonds is 8. The highest BCUT2D eigenvalue weighted by molar-refractivity contribution is 5.86. The topological polar surface area (TPSA) is 89.4 Å². The summed E-state index contributed by atoms with van der Waals surface area (Å²) in [5, 5.41) is 10.9. The number of esters is 1. The Labute approximate surface area is 181 Å². The van der Waals surface area contributed by atoms with E-state index >= 15 is 0 Å². The number of ether oxygens (including phenoxy) is 1. The molecule has 8 nitrogen and oxygen atoms in total. The minimum absolute atomic E-state index is 0.0555. The molecule has 1 fully saturated rings. The monoisotopic (exact) mass is 429 g/mol. The molecule has 9 heteroatoms. The van der Waals surface area contributed by atoms with Gasteiger partial charge in [-0.3, -0.25) is 9.69 Å². The van der Waals surface area contributed by atoms with Gasteiger partial charge in [0.05, 0.1) is 25.4 Å². The van der Waals surface area contributed by atoms with E-state index in [9.17, 15) is 14.0 Å². The molecule has 0 spiro atoms. The molecule has 0 aliphatic carbocycles. The quantitative estimate of drug-likeness (QED) is 0.511. The molecule has 3 rings (SSSR count). The van der Waals surface area contributed by atoms with Crippen molar-refractivity contribution in [2.75, 3.05) is 26.7 Å². The lowest BCUT2D eigenvalue weighted by molar-refractivity contribution is -0.125. The first-order chi connectivity index (χ1) is 14.9. The fourth-order valence-corrected chi connectivity index (χ4v) is 3.60. The zero-order chi connectivity index (χ0) is 22.4. The average Bonchev–Trinajstić information content (AvgIpc) is 3.40. The first-order valence-corrected chi connectivity index (χ1v) is 10.3. The number of likely N-dealkylation sites (tertiary alicyclic amines) is 1. The zero-order valence-electron chi connectivity index (χ0n) is 18.0. The van der Waals surface area contributed by atoms with Crippen LogP contribution in [0.2, 0.25) is 0 Å². The van der Waals surface area contributed by atoms with Gasteiger partial charge < -0.3 is 10.1 Å². The lowest BCUT2D eigenvalue weighted by Gasteiger charge is -2.22. The number of nitrogens with zero attached hydrogens (tertiary/aromatic N) is 4. The molecule has 2 heterocycles. The Bertz CT molecular complexity index is 937. The van der Waals surface area contributed by atoms with E-state index in [2.05, 4.69) is 31.3 Å². The van der Waals surface area contributed by atoms with Crippen molar-refractivity contribution in [1.29, 1.82) is 0 Å². The van der Waals surface area contributed by atoms with Crippen molar-refractivity contribution in [3.63, 3.8) is 0 Å². The van der Waals surface area contributed by atoms with Gasteiger partial charge in [0.2, 0.25) is 5.91 Å². The predicted molar refractivity (Wildman–Crippen MR) is 113 cm³/mol. The SMILES string of the molecule is COC(=O)c1cn(C2CC(C(=O)NCCc3ccc(F)cc3)N(CC=C(C)C)C2)nn1. The molecule has 1 aliphatic rings. The molecule has 0 saturated carbocycles. The highest BCUT2D eigenvalue weighted by Crippen LogP contribution is 2.27. The van der Waals surface area contributed by atoms with Crippen molar-refractivity contribution in [3.8, 4) is 0 Å². The lowest BCUT2D eigenvalue weighted by Crippen LogP contribution is -2.43. The van der Waals surface area contributed by atoms with Crippen LogP contribution >= 0.6 is 0 Å². The fraction of sp³-hybridized carbons (Fsp3) is 0.455. The van der Waals surface area contributed by atoms with Crippen molar-refractivity contribution < 1.29 is 18.7 Å². The molecule has 0 radical (unpaired) electrons. The van der Waals surface area contributed by atoms with Crippen LogP contribution in [0.3, 0.4) is 0 Å². The van der Waals surface area contributed by atoms with Crippen LogP contribution in [0.5, 0.6) is 0 Å². The number of methoxy groups -OCH3 is 1. The maximum atomic E-state index is 13.0. The molecule has 1 saturated heterocycles. The Morgan fingerprint density at radius 2 is 2.03 bits per heavy atom. The lowest BCUT2D eigenvalue weighted by atomic mass is 10.1. The number of allylic oxidation sites excluding steroid dienone is 1. The Kier molecular flexibility index (Phi) is 7.51. The smallest absolute Gasteiger partial charge is 0.360 e. The van der Waals surface area contributed by atoms with E-state index in [4.69, 9.17) is 0 Å². The summed E-state index contributed by atoms with van der Waals surface area (Å²) in [6, 6.07) is 5.88. The fourth-order valence-electron chi connectivity index (χ4n) is 3.60. The van der Waals surface area contributed by atoms with Gasteiger partial charge in [0, 0.05) is 19.6 Å². The first kappa shape index (κ1) is 22.6. The molecule has 1 aromatic heterocycles. The van der Waals surface area contributed by atoms with E-state index in [0.717, 1.165) is 5.56 Å². The van der Waals surface area contributed by atoms with Gasteiger partial charge in [-0.15, -0.1) is 5.10 Å². The maximum Gasteiger partial charge on any atom is 0.360 e. The predicted octanol–water partition coefficient (Wildman–Crippen LogP) is 2.14. The number of hydrogen-bond donors (Lipinski definition) is 1. The van der Waals surface area contributed by atoms with Gasteiger partial charge in [-0.2, -0.15) is 0 Å². The van der Waals surface area contributed by atoms with Gasteiger partial charge in [0.15, 0.2) is 5.69 Å². The van der Waals surface area contributed by atoms with E-state index in [1.54, 1.807) is 23.0 Å². The third-order valence-electron chi connectivity index (χ3n) is 5.32. The van der Waals surface area contributed by atoms with Crippen LogP contribution in [0.4, 0.5) is 4.39 Å². The Morgan fingerprint density at radius 3 is 2.71 bits per heavy atom. The van der Waals surface area contributed by atoms with Crippen molar-refractivity contribution >= 4 is 11.9 Å². The van der Waals surface area contributed by atoms with Gasteiger partial charge in [-0.1, -0.05) is 29.0 Å². The molecule has 166 valence electrons. The largest absolute Gasteiger partial charge is 0.464 e. The summed E-state index contributed by atoms with van der Waals surface area (Å²) >= 11 is 0. The summed E-state index contributed by atoms with van der Waals surface area (Å²) in [6.07, 6.45) is 4.83. The Balaban J connectivity index is 1.64. The molecule has 1 amide bonds. The molecule has 0 bridgehead atoms. The van der Waals surface area contributed by atoms with Crippen LogP contribution in [-0.2, 0) is 16.0 Å². The average molecular weight is 429 g/mol. The van der Waals surface area contributed by atoms with Crippen molar-refractivity contribution in [3.05, 3.63) is 59.2 Å². The van der Waals surface area contributed by atoms with Gasteiger partial charge in [0.1, 0.15) is 5.82 Å². The number of amides is 1. The standard InChI is InChI=1S/C22H28FN5O3/c1-15(2)9-11-27-13-18(28-14-19(25-26-28)22(30)31-3)12-20(27)21(29)24-10-8-16-4-6-17(23)7-5-16/h4-7,9,14,18,20H,8,10-13H2,1-3H3,(H,24,29). The minimum Gasteiger partial charge on any atom is -0.464 e. The molecular formula is C22H28FN5O3. The summed E-state index contributed by atoms with van der Waals surface area (Å²) in [4.78, 5) is 26.7. The summed E-state index contributed by atoms with van der Waals surface area (Å²) < 4.78 is 19.4. The van der Waals surface area contributed by atoms with Crippen LogP contribution in [0.1, 0.15) is 42.4 Å². The summed E-state index contributed by atoms with van der Waals surface area (Å²) in [6.45, 7) is 5.77. The highest BCUT2D eigenvalue weighted by Gasteiger charge is 2.37. The number of nitrogens with one attached hydrogen (secondary N) is 1. The molecule has 2 atom stereocenters. The van der Waals surface area contributed by atoms with Gasteiger partial charge in [-0.25, -0.2) is 13.9 Å². The Hall–Kier alpha value is -3.07. The Morgan fingerprint density at radius 1 is 1.29 bits per heavy atom. The number of carbonyl (C=O) groups excluding carboxylic acids is 2. The number of aromatic nitrogens is 3. The number of carbonyl (C=O) groups is 2. The van der Waals surface area contributed by atoms with Crippen LogP contribution in [0, 0.1) is 5.82 Å². The van der Waals surface area contributed by atoms with E-state index in [1.807, 2.05) is 13.8 Å². The number of hydrogen-bond acceptors (Lipinski definition) is 6. The second-order valence-electron chi connectivity index (χ2n) is 7.88. The molecule has 1 N–H and O–H groups in total.